The molecule has 0 amide bonds. The standard InChI is InChI=1S/C9H7BrO2/c10-5-9(12)8-4-2-1-3-7(8)6-11/h1-4,6H,5H2. The van der Waals surface area contributed by atoms with E-state index in [0.717, 1.165) is 0 Å². The summed E-state index contributed by atoms with van der Waals surface area (Å²) in [4.78, 5) is 21.7. The molecule has 0 spiro atoms. The molecule has 0 aliphatic heterocycles. The van der Waals surface area contributed by atoms with Gasteiger partial charge in [-0.3, -0.25) is 9.59 Å². The number of benzene rings is 1. The van der Waals surface area contributed by atoms with Crippen LogP contribution in [0.3, 0.4) is 0 Å². The van der Waals surface area contributed by atoms with Crippen LogP contribution in [0.2, 0.25) is 0 Å². The van der Waals surface area contributed by atoms with Gasteiger partial charge in [0.1, 0.15) is 0 Å². The molecule has 2 nitrogen and oxygen atoms in total. The number of rotatable bonds is 3. The van der Waals surface area contributed by atoms with Crippen LogP contribution < -0.4 is 0 Å². The highest BCUT2D eigenvalue weighted by atomic mass is 79.9. The molecule has 0 radical (unpaired) electrons. The van der Waals surface area contributed by atoms with E-state index in [1.54, 1.807) is 24.3 Å². The van der Waals surface area contributed by atoms with Crippen LogP contribution in [-0.4, -0.2) is 17.4 Å². The number of ketones is 1. The summed E-state index contributed by atoms with van der Waals surface area (Å²) in [6, 6.07) is 6.74. The Morgan fingerprint density at radius 2 is 2.08 bits per heavy atom. The molecule has 0 atom stereocenters. The van der Waals surface area contributed by atoms with Crippen molar-refractivity contribution in [3.8, 4) is 0 Å². The van der Waals surface area contributed by atoms with Gasteiger partial charge in [0.25, 0.3) is 0 Å². The summed E-state index contributed by atoms with van der Waals surface area (Å²) in [5.74, 6) is -0.0716. The first kappa shape index (κ1) is 9.13. The number of hydrogen-bond acceptors (Lipinski definition) is 2. The molecule has 0 saturated heterocycles. The first-order chi connectivity index (χ1) is 5.79. The van der Waals surface area contributed by atoms with Gasteiger partial charge in [0.2, 0.25) is 0 Å². The Morgan fingerprint density at radius 3 is 2.67 bits per heavy atom. The van der Waals surface area contributed by atoms with Gasteiger partial charge in [-0.15, -0.1) is 0 Å². The van der Waals surface area contributed by atoms with Crippen molar-refractivity contribution in [1.29, 1.82) is 0 Å². The second-order valence-electron chi connectivity index (χ2n) is 2.26. The molecule has 0 fully saturated rings. The summed E-state index contributed by atoms with van der Waals surface area (Å²) in [5, 5.41) is 0.248. The van der Waals surface area contributed by atoms with Gasteiger partial charge in [-0.25, -0.2) is 0 Å². The molecular formula is C9H7BrO2. The van der Waals surface area contributed by atoms with E-state index in [4.69, 9.17) is 0 Å². The lowest BCUT2D eigenvalue weighted by atomic mass is 10.1. The van der Waals surface area contributed by atoms with E-state index in [9.17, 15) is 9.59 Å². The molecule has 0 N–H and O–H groups in total. The third kappa shape index (κ3) is 1.80. The van der Waals surface area contributed by atoms with Crippen LogP contribution in [0.1, 0.15) is 20.7 Å². The van der Waals surface area contributed by atoms with E-state index < -0.39 is 0 Å². The summed E-state index contributed by atoms with van der Waals surface area (Å²) < 4.78 is 0. The van der Waals surface area contributed by atoms with Gasteiger partial charge >= 0.3 is 0 Å². The lowest BCUT2D eigenvalue weighted by molar-refractivity contribution is 0.101. The molecular weight excluding hydrogens is 220 g/mol. The van der Waals surface area contributed by atoms with Gasteiger partial charge in [0, 0.05) is 11.1 Å². The number of carbonyl (C=O) groups excluding carboxylic acids is 2. The largest absolute Gasteiger partial charge is 0.298 e. The van der Waals surface area contributed by atoms with E-state index in [2.05, 4.69) is 15.9 Å². The second kappa shape index (κ2) is 4.16. The van der Waals surface area contributed by atoms with Crippen LogP contribution >= 0.6 is 15.9 Å². The molecule has 3 heteroatoms. The maximum atomic E-state index is 11.2. The molecule has 0 unspecified atom stereocenters. The number of Topliss-reactive ketones (excluding diaryl/α,β-unsaturated/α-hetero) is 1. The molecule has 0 heterocycles. The average molecular weight is 227 g/mol. The Hall–Kier alpha value is -0.960. The predicted molar refractivity (Wildman–Crippen MR) is 50.0 cm³/mol. The zero-order valence-corrected chi connectivity index (χ0v) is 7.87. The van der Waals surface area contributed by atoms with Gasteiger partial charge < -0.3 is 0 Å². The highest BCUT2D eigenvalue weighted by molar-refractivity contribution is 9.09. The molecule has 1 rings (SSSR count). The van der Waals surface area contributed by atoms with Gasteiger partial charge in [-0.1, -0.05) is 40.2 Å². The Kier molecular flexibility index (Phi) is 3.17. The lowest BCUT2D eigenvalue weighted by Crippen LogP contribution is -2.03. The number of aldehydes is 1. The van der Waals surface area contributed by atoms with Crippen molar-refractivity contribution in [3.63, 3.8) is 0 Å². The van der Waals surface area contributed by atoms with E-state index in [-0.39, 0.29) is 11.1 Å². The smallest absolute Gasteiger partial charge is 0.174 e. The minimum atomic E-state index is -0.0716. The molecule has 62 valence electrons. The SMILES string of the molecule is O=Cc1ccccc1C(=O)CBr. The summed E-state index contributed by atoms with van der Waals surface area (Å²) in [5.41, 5.74) is 0.923. The van der Waals surface area contributed by atoms with Gasteiger partial charge in [0.05, 0.1) is 5.33 Å². The summed E-state index contributed by atoms with van der Waals surface area (Å²) in [6.45, 7) is 0. The average Bonchev–Trinajstić information content (AvgIpc) is 2.16. The van der Waals surface area contributed by atoms with Crippen LogP contribution in [-0.2, 0) is 0 Å². The Morgan fingerprint density at radius 1 is 1.42 bits per heavy atom. The van der Waals surface area contributed by atoms with Crippen molar-refractivity contribution in [2.75, 3.05) is 5.33 Å². The van der Waals surface area contributed by atoms with E-state index in [1.807, 2.05) is 0 Å². The fourth-order valence-electron chi connectivity index (χ4n) is 0.926. The number of carbonyl (C=O) groups is 2. The van der Waals surface area contributed by atoms with Gasteiger partial charge in [0.15, 0.2) is 12.1 Å². The van der Waals surface area contributed by atoms with E-state index in [0.29, 0.717) is 17.4 Å². The van der Waals surface area contributed by atoms with Crippen LogP contribution in [0.15, 0.2) is 24.3 Å². The van der Waals surface area contributed by atoms with Crippen molar-refractivity contribution in [1.82, 2.24) is 0 Å². The molecule has 0 aromatic heterocycles. The van der Waals surface area contributed by atoms with E-state index in [1.165, 1.54) is 0 Å². The molecule has 1 aromatic rings. The highest BCUT2D eigenvalue weighted by Gasteiger charge is 2.07. The summed E-state index contributed by atoms with van der Waals surface area (Å²) in [6.07, 6.45) is 0.690. The highest BCUT2D eigenvalue weighted by Crippen LogP contribution is 2.08. The fourth-order valence-corrected chi connectivity index (χ4v) is 1.23. The quantitative estimate of drug-likeness (QED) is 0.450. The zero-order valence-electron chi connectivity index (χ0n) is 6.29. The summed E-state index contributed by atoms with van der Waals surface area (Å²) >= 11 is 3.05. The van der Waals surface area contributed by atoms with Crippen molar-refractivity contribution >= 4 is 28.0 Å². The van der Waals surface area contributed by atoms with Crippen molar-refractivity contribution in [2.45, 2.75) is 0 Å². The van der Waals surface area contributed by atoms with Crippen LogP contribution in [0.25, 0.3) is 0 Å². The Balaban J connectivity index is 3.13. The monoisotopic (exact) mass is 226 g/mol. The normalized spacial score (nSPS) is 9.42. The van der Waals surface area contributed by atoms with E-state index >= 15 is 0 Å². The molecule has 0 bridgehead atoms. The predicted octanol–water partition coefficient (Wildman–Crippen LogP) is 2.08. The molecule has 0 aliphatic carbocycles. The molecule has 0 aliphatic rings. The number of hydrogen-bond donors (Lipinski definition) is 0. The molecule has 12 heavy (non-hydrogen) atoms. The van der Waals surface area contributed by atoms with Crippen LogP contribution in [0.4, 0.5) is 0 Å². The topological polar surface area (TPSA) is 34.1 Å². The minimum Gasteiger partial charge on any atom is -0.298 e. The van der Waals surface area contributed by atoms with Gasteiger partial charge in [-0.05, 0) is 0 Å². The molecule has 0 saturated carbocycles. The Bertz CT molecular complexity index is 307. The second-order valence-corrected chi connectivity index (χ2v) is 2.82. The van der Waals surface area contributed by atoms with Crippen LogP contribution in [0.5, 0.6) is 0 Å². The lowest BCUT2D eigenvalue weighted by Gasteiger charge is -1.98. The molecule has 1 aromatic carbocycles. The summed E-state index contributed by atoms with van der Waals surface area (Å²) in [7, 11) is 0. The Labute approximate surface area is 78.7 Å². The third-order valence-electron chi connectivity index (χ3n) is 1.51. The first-order valence-corrected chi connectivity index (χ1v) is 4.55. The third-order valence-corrected chi connectivity index (χ3v) is 2.02. The zero-order chi connectivity index (χ0) is 8.97. The maximum absolute atomic E-state index is 11.2. The van der Waals surface area contributed by atoms with Crippen molar-refractivity contribution < 1.29 is 9.59 Å². The number of halogens is 1. The van der Waals surface area contributed by atoms with Gasteiger partial charge in [-0.2, -0.15) is 0 Å². The maximum Gasteiger partial charge on any atom is 0.174 e. The van der Waals surface area contributed by atoms with Crippen molar-refractivity contribution in [3.05, 3.63) is 35.4 Å². The van der Waals surface area contributed by atoms with Crippen LogP contribution in [0, 0.1) is 0 Å². The first-order valence-electron chi connectivity index (χ1n) is 3.43. The fraction of sp³-hybridized carbons (Fsp3) is 0.111. The minimum absolute atomic E-state index is 0.0716. The van der Waals surface area contributed by atoms with Crippen molar-refractivity contribution in [2.24, 2.45) is 0 Å². The number of alkyl halides is 1.